The first-order valence-electron chi connectivity index (χ1n) is 9.19. The number of hydrogen-bond acceptors (Lipinski definition) is 8. The summed E-state index contributed by atoms with van der Waals surface area (Å²) in [5, 5.41) is 0. The van der Waals surface area contributed by atoms with E-state index in [4.69, 9.17) is 27.3 Å². The molecule has 0 aliphatic carbocycles. The second-order valence-corrected chi connectivity index (χ2v) is 7.88. The van der Waals surface area contributed by atoms with Crippen LogP contribution in [0.2, 0.25) is 0 Å². The highest BCUT2D eigenvalue weighted by Gasteiger charge is 2.32. The van der Waals surface area contributed by atoms with Gasteiger partial charge in [-0.2, -0.15) is 8.42 Å². The minimum atomic E-state index is -4.07. The fourth-order valence-electron chi connectivity index (χ4n) is 3.16. The quantitative estimate of drug-likeness (QED) is 0.690. The van der Waals surface area contributed by atoms with E-state index in [2.05, 4.69) is 0 Å². The van der Waals surface area contributed by atoms with Crippen LogP contribution in [0, 0.1) is 0 Å². The lowest BCUT2D eigenvalue weighted by Crippen LogP contribution is -2.29. The first-order chi connectivity index (χ1) is 12.1. The molecule has 9 heteroatoms. The van der Waals surface area contributed by atoms with Crippen molar-refractivity contribution in [2.45, 2.75) is 76.2 Å². The topological polar surface area (TPSA) is 89.5 Å². The molecule has 3 heterocycles. The first-order valence-corrected chi connectivity index (χ1v) is 10.5. The molecule has 0 saturated carbocycles. The molecule has 3 fully saturated rings. The molecule has 146 valence electrons. The molecule has 3 aliphatic rings. The van der Waals surface area contributed by atoms with Gasteiger partial charge in [0.2, 0.25) is 0 Å². The van der Waals surface area contributed by atoms with E-state index in [0.29, 0.717) is 26.1 Å². The Bertz CT molecular complexity index is 446. The molecule has 0 N–H and O–H groups in total. The van der Waals surface area contributed by atoms with Crippen molar-refractivity contribution < 1.29 is 35.7 Å². The van der Waals surface area contributed by atoms with Crippen LogP contribution < -0.4 is 0 Å². The highest BCUT2D eigenvalue weighted by atomic mass is 32.3. The van der Waals surface area contributed by atoms with Crippen LogP contribution in [-0.2, 0) is 37.7 Å². The fourth-order valence-corrected chi connectivity index (χ4v) is 4.18. The third-order valence-corrected chi connectivity index (χ3v) is 5.55. The molecule has 3 aliphatic heterocycles. The van der Waals surface area contributed by atoms with Crippen LogP contribution in [0.5, 0.6) is 0 Å². The zero-order valence-electron chi connectivity index (χ0n) is 14.5. The van der Waals surface area contributed by atoms with Crippen LogP contribution in [0.4, 0.5) is 0 Å². The summed E-state index contributed by atoms with van der Waals surface area (Å²) in [5.41, 5.74) is 0. The second-order valence-electron chi connectivity index (χ2n) is 6.68. The summed E-state index contributed by atoms with van der Waals surface area (Å²) in [7, 11) is -4.07. The van der Waals surface area contributed by atoms with Crippen LogP contribution in [0.1, 0.15) is 51.4 Å². The Kier molecular flexibility index (Phi) is 7.47. The van der Waals surface area contributed by atoms with Gasteiger partial charge in [0.15, 0.2) is 12.6 Å². The van der Waals surface area contributed by atoms with Gasteiger partial charge in [0.1, 0.15) is 12.2 Å². The third kappa shape index (κ3) is 6.74. The minimum Gasteiger partial charge on any atom is -0.353 e. The van der Waals surface area contributed by atoms with Crippen molar-refractivity contribution in [3.8, 4) is 0 Å². The van der Waals surface area contributed by atoms with Gasteiger partial charge in [0.25, 0.3) is 0 Å². The summed E-state index contributed by atoms with van der Waals surface area (Å²) in [6.07, 6.45) is 5.21. The van der Waals surface area contributed by atoms with Crippen LogP contribution in [0.3, 0.4) is 0 Å². The van der Waals surface area contributed by atoms with Crippen molar-refractivity contribution in [1.82, 2.24) is 0 Å². The van der Waals surface area contributed by atoms with Crippen molar-refractivity contribution in [1.29, 1.82) is 0 Å². The maximum atomic E-state index is 12.0. The monoisotopic (exact) mass is 380 g/mol. The molecule has 4 atom stereocenters. The summed E-state index contributed by atoms with van der Waals surface area (Å²) in [6, 6.07) is 0. The molecule has 0 aromatic rings. The van der Waals surface area contributed by atoms with E-state index in [1.165, 1.54) is 0 Å². The Morgan fingerprint density at radius 3 is 1.60 bits per heavy atom. The Morgan fingerprint density at radius 2 is 1.20 bits per heavy atom. The van der Waals surface area contributed by atoms with E-state index in [9.17, 15) is 8.42 Å². The Morgan fingerprint density at radius 1 is 0.720 bits per heavy atom. The smallest absolute Gasteiger partial charge is 0.353 e. The van der Waals surface area contributed by atoms with Gasteiger partial charge in [-0.3, -0.25) is 0 Å². The maximum Gasteiger partial charge on any atom is 0.400 e. The van der Waals surface area contributed by atoms with Crippen LogP contribution in [0.25, 0.3) is 0 Å². The van der Waals surface area contributed by atoms with Crippen molar-refractivity contribution in [3.63, 3.8) is 0 Å². The van der Waals surface area contributed by atoms with Crippen molar-refractivity contribution in [2.24, 2.45) is 0 Å². The normalized spacial score (nSPS) is 36.6. The average molecular weight is 380 g/mol. The largest absolute Gasteiger partial charge is 0.400 e. The van der Waals surface area contributed by atoms with Gasteiger partial charge in [-0.05, 0) is 51.4 Å². The number of ether oxygens (including phenoxy) is 4. The summed E-state index contributed by atoms with van der Waals surface area (Å²) in [6.45, 7) is 1.71. The molecule has 2 unspecified atom stereocenters. The molecule has 0 spiro atoms. The van der Waals surface area contributed by atoms with Crippen molar-refractivity contribution in [3.05, 3.63) is 0 Å². The molecule has 0 aromatic carbocycles. The van der Waals surface area contributed by atoms with Gasteiger partial charge < -0.3 is 18.9 Å². The summed E-state index contributed by atoms with van der Waals surface area (Å²) in [5.74, 6) is 0. The third-order valence-electron chi connectivity index (χ3n) is 4.53. The van der Waals surface area contributed by atoms with E-state index in [1.807, 2.05) is 0 Å². The van der Waals surface area contributed by atoms with Gasteiger partial charge in [-0.1, -0.05) is 0 Å². The van der Waals surface area contributed by atoms with Crippen molar-refractivity contribution in [2.75, 3.05) is 26.4 Å². The number of hydrogen-bond donors (Lipinski definition) is 0. The molecule has 0 radical (unpaired) electrons. The van der Waals surface area contributed by atoms with Gasteiger partial charge in [-0.25, -0.2) is 8.37 Å². The Balaban J connectivity index is 1.43. The predicted molar refractivity (Wildman–Crippen MR) is 87.0 cm³/mol. The molecule has 0 aromatic heterocycles. The number of rotatable bonds is 6. The highest BCUT2D eigenvalue weighted by molar-refractivity contribution is 7.81. The lowest BCUT2D eigenvalue weighted by molar-refractivity contribution is -0.174. The molecule has 0 bridgehead atoms. The zero-order chi connectivity index (χ0) is 17.5. The van der Waals surface area contributed by atoms with E-state index in [-0.39, 0.29) is 25.8 Å². The van der Waals surface area contributed by atoms with Crippen LogP contribution >= 0.6 is 0 Å². The lowest BCUT2D eigenvalue weighted by Gasteiger charge is -2.24. The zero-order valence-corrected chi connectivity index (χ0v) is 15.3. The highest BCUT2D eigenvalue weighted by Crippen LogP contribution is 2.23. The lowest BCUT2D eigenvalue weighted by atomic mass is 10.1. The fraction of sp³-hybridized carbons (Fsp3) is 1.00. The second kappa shape index (κ2) is 9.59. The molecule has 8 nitrogen and oxygen atoms in total. The van der Waals surface area contributed by atoms with E-state index >= 15 is 0 Å². The molecule has 3 rings (SSSR count). The maximum absolute atomic E-state index is 12.0. The molecular formula is C16H28O8S. The van der Waals surface area contributed by atoms with Crippen LogP contribution in [-0.4, -0.2) is 59.6 Å². The van der Waals surface area contributed by atoms with Gasteiger partial charge in [-0.15, -0.1) is 0 Å². The van der Waals surface area contributed by atoms with Crippen molar-refractivity contribution >= 4 is 10.4 Å². The van der Waals surface area contributed by atoms with Gasteiger partial charge in [0.05, 0.1) is 13.2 Å². The minimum absolute atomic E-state index is 0.173. The van der Waals surface area contributed by atoms with E-state index < -0.39 is 22.6 Å². The van der Waals surface area contributed by atoms with E-state index in [1.54, 1.807) is 0 Å². The SMILES string of the molecule is O=S1(=O)O[C@H](COC2CCCCO2)CC[C@@H](COC2CCCCO2)O1. The molecule has 3 saturated heterocycles. The Hall–Kier alpha value is -0.290. The Labute approximate surface area is 149 Å². The average Bonchev–Trinajstić information content (AvgIpc) is 2.77. The molecular weight excluding hydrogens is 352 g/mol. The summed E-state index contributed by atoms with van der Waals surface area (Å²) in [4.78, 5) is 0. The summed E-state index contributed by atoms with van der Waals surface area (Å²) < 4.78 is 56.4. The summed E-state index contributed by atoms with van der Waals surface area (Å²) >= 11 is 0. The predicted octanol–water partition coefficient (Wildman–Crippen LogP) is 1.88. The molecule has 0 amide bonds. The van der Waals surface area contributed by atoms with Gasteiger partial charge >= 0.3 is 10.4 Å². The van der Waals surface area contributed by atoms with Gasteiger partial charge in [0, 0.05) is 13.2 Å². The standard InChI is InChI=1S/C16H28O8S/c17-25(18)23-13(11-21-15-5-1-3-9-19-15)7-8-14(24-25)12-22-16-6-2-4-10-20-16/h13-16H,1-12H2/t13-,14-,15?,16?/m0/s1. The molecule has 25 heavy (non-hydrogen) atoms. The van der Waals surface area contributed by atoms with Crippen LogP contribution in [0.15, 0.2) is 0 Å². The first kappa shape index (κ1) is 19.5. The van der Waals surface area contributed by atoms with E-state index in [0.717, 1.165) is 38.5 Å².